The van der Waals surface area contributed by atoms with Crippen LogP contribution in [0.15, 0.2) is 0 Å². The average Bonchev–Trinajstić information content (AvgIpc) is 2.55. The fraction of sp³-hybridized carbons (Fsp3) is 1.00. The van der Waals surface area contributed by atoms with Crippen LogP contribution in [0.3, 0.4) is 0 Å². The molecular weight excluding hydrogens is 276 g/mol. The number of hydrogen-bond acceptors (Lipinski definition) is 3. The van der Waals surface area contributed by atoms with Gasteiger partial charge in [-0.2, -0.15) is 11.8 Å². The Morgan fingerprint density at radius 3 is 2.29 bits per heavy atom. The molecule has 1 atom stereocenters. The van der Waals surface area contributed by atoms with Gasteiger partial charge in [-0.05, 0) is 38.4 Å². The summed E-state index contributed by atoms with van der Waals surface area (Å²) in [5.74, 6) is 0. The molecule has 3 heteroatoms. The Bertz CT molecular complexity index is 308. The molecule has 0 spiro atoms. The standard InChI is InChI=1S/C18H36N2S/c1-5-16-13-19-17(6-2,7-3)14-20(16)15-18(21-4)11-9-8-10-12-18/h16,19H,5-15H2,1-4H3. The summed E-state index contributed by atoms with van der Waals surface area (Å²) in [6.45, 7) is 10.8. The molecule has 2 nitrogen and oxygen atoms in total. The van der Waals surface area contributed by atoms with Gasteiger partial charge in [0.05, 0.1) is 0 Å². The number of hydrogen-bond donors (Lipinski definition) is 1. The van der Waals surface area contributed by atoms with E-state index in [1.165, 1.54) is 71.0 Å². The molecule has 2 fully saturated rings. The highest BCUT2D eigenvalue weighted by atomic mass is 32.2. The minimum Gasteiger partial charge on any atom is -0.308 e. The maximum atomic E-state index is 3.88. The fourth-order valence-corrected chi connectivity index (χ4v) is 5.33. The molecule has 1 unspecified atom stereocenters. The third kappa shape index (κ3) is 3.97. The van der Waals surface area contributed by atoms with Crippen LogP contribution < -0.4 is 5.32 Å². The molecule has 1 heterocycles. The first-order chi connectivity index (χ1) is 10.1. The third-order valence-corrected chi connectivity index (χ3v) is 7.65. The predicted molar refractivity (Wildman–Crippen MR) is 96.3 cm³/mol. The molecule has 2 rings (SSSR count). The van der Waals surface area contributed by atoms with Crippen molar-refractivity contribution in [2.75, 3.05) is 25.9 Å². The van der Waals surface area contributed by atoms with Crippen molar-refractivity contribution in [2.45, 2.75) is 88.5 Å². The average molecular weight is 313 g/mol. The second kappa shape index (κ2) is 7.70. The topological polar surface area (TPSA) is 15.3 Å². The van der Waals surface area contributed by atoms with E-state index in [4.69, 9.17) is 0 Å². The first kappa shape index (κ1) is 17.6. The first-order valence-electron chi connectivity index (χ1n) is 9.17. The van der Waals surface area contributed by atoms with E-state index < -0.39 is 0 Å². The third-order valence-electron chi connectivity index (χ3n) is 6.25. The predicted octanol–water partition coefficient (Wildman–Crippen LogP) is 4.29. The van der Waals surface area contributed by atoms with Crippen molar-refractivity contribution in [1.29, 1.82) is 0 Å². The van der Waals surface area contributed by atoms with Crippen LogP contribution in [0.25, 0.3) is 0 Å². The lowest BCUT2D eigenvalue weighted by Crippen LogP contribution is -2.65. The Morgan fingerprint density at radius 1 is 1.10 bits per heavy atom. The molecule has 1 aliphatic carbocycles. The number of nitrogens with zero attached hydrogens (tertiary/aromatic N) is 1. The van der Waals surface area contributed by atoms with Gasteiger partial charge in [0.15, 0.2) is 0 Å². The van der Waals surface area contributed by atoms with Crippen molar-refractivity contribution < 1.29 is 0 Å². The van der Waals surface area contributed by atoms with Gasteiger partial charge in [-0.15, -0.1) is 0 Å². The van der Waals surface area contributed by atoms with E-state index in [2.05, 4.69) is 49.0 Å². The van der Waals surface area contributed by atoms with Crippen LogP contribution in [-0.2, 0) is 0 Å². The highest BCUT2D eigenvalue weighted by Gasteiger charge is 2.40. The summed E-state index contributed by atoms with van der Waals surface area (Å²) < 4.78 is 0.538. The quantitative estimate of drug-likeness (QED) is 0.787. The first-order valence-corrected chi connectivity index (χ1v) is 10.4. The molecular formula is C18H36N2S. The second-order valence-electron chi connectivity index (χ2n) is 7.28. The van der Waals surface area contributed by atoms with Crippen LogP contribution in [0, 0.1) is 0 Å². The normalized spacial score (nSPS) is 29.4. The summed E-state index contributed by atoms with van der Waals surface area (Å²) >= 11 is 2.15. The van der Waals surface area contributed by atoms with E-state index in [1.54, 1.807) is 0 Å². The van der Waals surface area contributed by atoms with Gasteiger partial charge >= 0.3 is 0 Å². The van der Waals surface area contributed by atoms with Gasteiger partial charge in [0.25, 0.3) is 0 Å². The van der Waals surface area contributed by atoms with Gasteiger partial charge in [-0.3, -0.25) is 4.90 Å². The van der Waals surface area contributed by atoms with E-state index in [1.807, 2.05) is 0 Å². The molecule has 124 valence electrons. The van der Waals surface area contributed by atoms with Crippen molar-refractivity contribution in [1.82, 2.24) is 10.2 Å². The summed E-state index contributed by atoms with van der Waals surface area (Å²) in [4.78, 5) is 2.85. The SMILES string of the molecule is CCC1CNC(CC)(CC)CN1CC1(SC)CCCCC1. The van der Waals surface area contributed by atoms with E-state index in [-0.39, 0.29) is 0 Å². The van der Waals surface area contributed by atoms with Crippen molar-refractivity contribution in [3.05, 3.63) is 0 Å². The molecule has 0 aromatic rings. The molecule has 0 aromatic heterocycles. The fourth-order valence-electron chi connectivity index (χ4n) is 4.34. The zero-order valence-electron chi connectivity index (χ0n) is 14.7. The van der Waals surface area contributed by atoms with Gasteiger partial charge in [-0.1, -0.05) is 40.0 Å². The van der Waals surface area contributed by atoms with Crippen molar-refractivity contribution in [3.8, 4) is 0 Å². The Balaban J connectivity index is 2.09. The van der Waals surface area contributed by atoms with E-state index in [9.17, 15) is 0 Å². The minimum absolute atomic E-state index is 0.361. The number of thioether (sulfide) groups is 1. The Morgan fingerprint density at radius 2 is 1.76 bits per heavy atom. The largest absolute Gasteiger partial charge is 0.308 e. The highest BCUT2D eigenvalue weighted by molar-refractivity contribution is 8.00. The van der Waals surface area contributed by atoms with Crippen LogP contribution in [-0.4, -0.2) is 47.1 Å². The number of piperazine rings is 1. The van der Waals surface area contributed by atoms with Gasteiger partial charge in [-0.25, -0.2) is 0 Å². The molecule has 0 radical (unpaired) electrons. The highest BCUT2D eigenvalue weighted by Crippen LogP contribution is 2.40. The molecule has 0 bridgehead atoms. The van der Waals surface area contributed by atoms with Crippen LogP contribution in [0.5, 0.6) is 0 Å². The summed E-state index contributed by atoms with van der Waals surface area (Å²) in [5.41, 5.74) is 0.361. The van der Waals surface area contributed by atoms with Gasteiger partial charge < -0.3 is 5.32 Å². The summed E-state index contributed by atoms with van der Waals surface area (Å²) in [5, 5.41) is 3.88. The Hall–Kier alpha value is 0.270. The molecule has 1 N–H and O–H groups in total. The monoisotopic (exact) mass is 312 g/mol. The maximum absolute atomic E-state index is 3.88. The summed E-state index contributed by atoms with van der Waals surface area (Å²) in [6.07, 6.45) is 13.3. The van der Waals surface area contributed by atoms with Crippen LogP contribution >= 0.6 is 11.8 Å². The Labute approximate surface area is 136 Å². The van der Waals surface area contributed by atoms with Gasteiger partial charge in [0.1, 0.15) is 0 Å². The van der Waals surface area contributed by atoms with Crippen LogP contribution in [0.2, 0.25) is 0 Å². The molecule has 0 aromatic carbocycles. The second-order valence-corrected chi connectivity index (χ2v) is 8.56. The lowest BCUT2D eigenvalue weighted by Gasteiger charge is -2.51. The van der Waals surface area contributed by atoms with Crippen molar-refractivity contribution >= 4 is 11.8 Å². The number of nitrogens with one attached hydrogen (secondary N) is 1. The van der Waals surface area contributed by atoms with Crippen LogP contribution in [0.4, 0.5) is 0 Å². The lowest BCUT2D eigenvalue weighted by atomic mass is 9.84. The van der Waals surface area contributed by atoms with Gasteiger partial charge in [0.2, 0.25) is 0 Å². The van der Waals surface area contributed by atoms with Crippen LogP contribution in [0.1, 0.15) is 72.1 Å². The molecule has 1 saturated heterocycles. The molecule has 2 aliphatic rings. The molecule has 1 saturated carbocycles. The maximum Gasteiger partial charge on any atom is 0.0304 e. The lowest BCUT2D eigenvalue weighted by molar-refractivity contribution is 0.0577. The smallest absolute Gasteiger partial charge is 0.0304 e. The summed E-state index contributed by atoms with van der Waals surface area (Å²) in [6, 6.07) is 0.738. The minimum atomic E-state index is 0.361. The van der Waals surface area contributed by atoms with E-state index >= 15 is 0 Å². The number of rotatable bonds is 6. The zero-order valence-corrected chi connectivity index (χ0v) is 15.5. The molecule has 0 amide bonds. The summed E-state index contributed by atoms with van der Waals surface area (Å²) in [7, 11) is 0. The molecule has 21 heavy (non-hydrogen) atoms. The van der Waals surface area contributed by atoms with Gasteiger partial charge in [0, 0.05) is 36.0 Å². The molecule has 1 aliphatic heterocycles. The Kier molecular flexibility index (Phi) is 6.46. The zero-order chi connectivity index (χ0) is 15.3. The van der Waals surface area contributed by atoms with E-state index in [0.29, 0.717) is 10.3 Å². The van der Waals surface area contributed by atoms with E-state index in [0.717, 1.165) is 6.04 Å². The van der Waals surface area contributed by atoms with Crippen molar-refractivity contribution in [2.24, 2.45) is 0 Å². The van der Waals surface area contributed by atoms with Crippen molar-refractivity contribution in [3.63, 3.8) is 0 Å².